The zero-order chi connectivity index (χ0) is 17.1. The van der Waals surface area contributed by atoms with E-state index in [4.69, 9.17) is 10.5 Å². The highest BCUT2D eigenvalue weighted by atomic mass is 16.5. The lowest BCUT2D eigenvalue weighted by Crippen LogP contribution is -2.54. The van der Waals surface area contributed by atoms with Gasteiger partial charge in [0.1, 0.15) is 12.6 Å². The summed E-state index contributed by atoms with van der Waals surface area (Å²) >= 11 is 0. The molecule has 3 N–H and O–H groups in total. The Morgan fingerprint density at radius 2 is 1.92 bits per heavy atom. The van der Waals surface area contributed by atoms with E-state index in [-0.39, 0.29) is 30.9 Å². The minimum atomic E-state index is -0.759. The second-order valence-electron chi connectivity index (χ2n) is 6.66. The molecule has 3 rings (SSSR count). The Kier molecular flexibility index (Phi) is 5.16. The lowest BCUT2D eigenvalue weighted by atomic mass is 9.97. The number of hydrogen-bond donors (Lipinski definition) is 2. The van der Waals surface area contributed by atoms with Gasteiger partial charge in [-0.15, -0.1) is 0 Å². The first kappa shape index (κ1) is 16.9. The first-order valence-electron chi connectivity index (χ1n) is 8.52. The second kappa shape index (κ2) is 7.32. The van der Waals surface area contributed by atoms with Crippen LogP contribution in [0.25, 0.3) is 0 Å². The number of aliphatic hydroxyl groups is 1. The van der Waals surface area contributed by atoms with Crippen molar-refractivity contribution in [1.82, 2.24) is 4.90 Å². The fourth-order valence-electron chi connectivity index (χ4n) is 3.64. The molecule has 0 saturated carbocycles. The zero-order valence-electron chi connectivity index (χ0n) is 13.6. The van der Waals surface area contributed by atoms with E-state index in [9.17, 15) is 14.7 Å². The molecule has 130 valence electrons. The molecule has 6 heteroatoms. The van der Waals surface area contributed by atoms with Gasteiger partial charge in [0.15, 0.2) is 0 Å². The quantitative estimate of drug-likeness (QED) is 0.804. The van der Waals surface area contributed by atoms with Gasteiger partial charge >= 0.3 is 5.97 Å². The molecule has 1 aromatic rings. The number of carbonyl (C=O) groups excluding carboxylic acids is 2. The van der Waals surface area contributed by atoms with Crippen LogP contribution in [0, 0.1) is 0 Å². The maximum absolute atomic E-state index is 12.6. The van der Waals surface area contributed by atoms with Crippen LogP contribution < -0.4 is 5.73 Å². The molecule has 0 aromatic heterocycles. The van der Waals surface area contributed by atoms with Crippen LogP contribution >= 0.6 is 0 Å². The number of hydrogen-bond acceptors (Lipinski definition) is 5. The molecule has 2 saturated heterocycles. The van der Waals surface area contributed by atoms with Gasteiger partial charge in [0.2, 0.25) is 5.91 Å². The Morgan fingerprint density at radius 3 is 2.67 bits per heavy atom. The van der Waals surface area contributed by atoms with Crippen LogP contribution in [0.2, 0.25) is 0 Å². The summed E-state index contributed by atoms with van der Waals surface area (Å²) in [7, 11) is 0. The van der Waals surface area contributed by atoms with Gasteiger partial charge in [-0.05, 0) is 37.7 Å². The molecule has 0 aliphatic carbocycles. The minimum absolute atomic E-state index is 0.0345. The molecule has 2 aliphatic rings. The summed E-state index contributed by atoms with van der Waals surface area (Å²) in [6.45, 7) is 0.202. The Hall–Kier alpha value is -1.92. The number of nitrogens with zero attached hydrogens (tertiary/aromatic N) is 1. The van der Waals surface area contributed by atoms with Crippen LogP contribution in [0.15, 0.2) is 30.3 Å². The van der Waals surface area contributed by atoms with E-state index in [1.165, 1.54) is 0 Å². The fourth-order valence-corrected chi connectivity index (χ4v) is 3.64. The third-order valence-electron chi connectivity index (χ3n) is 4.93. The monoisotopic (exact) mass is 332 g/mol. The summed E-state index contributed by atoms with van der Waals surface area (Å²) in [5.41, 5.74) is 6.83. The Labute approximate surface area is 141 Å². The van der Waals surface area contributed by atoms with Crippen molar-refractivity contribution in [3.05, 3.63) is 35.9 Å². The molecule has 1 amide bonds. The SMILES string of the molecule is N[C@H]1C[C@H](O)CC[C@H]2CC[C@@H](C(=O)OCc3ccccc3)N2C1=O. The molecule has 0 unspecified atom stereocenters. The normalized spacial score (nSPS) is 30.4. The van der Waals surface area contributed by atoms with Crippen LogP contribution in [0.5, 0.6) is 0 Å². The maximum atomic E-state index is 12.6. The Morgan fingerprint density at radius 1 is 1.21 bits per heavy atom. The molecule has 6 nitrogen and oxygen atoms in total. The van der Waals surface area contributed by atoms with E-state index in [0.29, 0.717) is 19.3 Å². The molecule has 0 spiro atoms. The number of esters is 1. The summed E-state index contributed by atoms with van der Waals surface area (Å²) in [5, 5.41) is 9.87. The van der Waals surface area contributed by atoms with Crippen LogP contribution in [0.1, 0.15) is 37.7 Å². The van der Waals surface area contributed by atoms with E-state index in [1.54, 1.807) is 4.90 Å². The van der Waals surface area contributed by atoms with Gasteiger partial charge in [-0.1, -0.05) is 30.3 Å². The molecule has 2 aliphatic heterocycles. The van der Waals surface area contributed by atoms with E-state index < -0.39 is 18.2 Å². The second-order valence-corrected chi connectivity index (χ2v) is 6.66. The van der Waals surface area contributed by atoms with Crippen molar-refractivity contribution in [3.63, 3.8) is 0 Å². The zero-order valence-corrected chi connectivity index (χ0v) is 13.6. The molecule has 24 heavy (non-hydrogen) atoms. The van der Waals surface area contributed by atoms with E-state index in [2.05, 4.69) is 0 Å². The standard InChI is InChI=1S/C18H24N2O4/c19-15-10-14(21)8-6-13-7-9-16(20(13)17(15)22)18(23)24-11-12-4-2-1-3-5-12/h1-5,13-16,21H,6-11,19H2/t13-,14+,15-,16-/m0/s1. The van der Waals surface area contributed by atoms with Crippen molar-refractivity contribution in [1.29, 1.82) is 0 Å². The smallest absolute Gasteiger partial charge is 0.329 e. The number of amides is 1. The van der Waals surface area contributed by atoms with Crippen molar-refractivity contribution in [3.8, 4) is 0 Å². The molecule has 4 atom stereocenters. The highest BCUT2D eigenvalue weighted by molar-refractivity contribution is 5.88. The van der Waals surface area contributed by atoms with Crippen molar-refractivity contribution >= 4 is 11.9 Å². The third-order valence-corrected chi connectivity index (χ3v) is 4.93. The lowest BCUT2D eigenvalue weighted by molar-refractivity contribution is -0.156. The molecule has 2 heterocycles. The van der Waals surface area contributed by atoms with Gasteiger partial charge in [0.25, 0.3) is 0 Å². The van der Waals surface area contributed by atoms with Gasteiger partial charge < -0.3 is 20.5 Å². The molecule has 2 fully saturated rings. The van der Waals surface area contributed by atoms with E-state index >= 15 is 0 Å². The van der Waals surface area contributed by atoms with Gasteiger partial charge in [-0.25, -0.2) is 4.79 Å². The number of ether oxygens (including phenoxy) is 1. The predicted octanol–water partition coefficient (Wildman–Crippen LogP) is 0.961. The molecule has 0 bridgehead atoms. The number of fused-ring (bicyclic) bond motifs is 1. The number of benzene rings is 1. The van der Waals surface area contributed by atoms with Crippen molar-refractivity contribution in [2.24, 2.45) is 5.73 Å². The first-order chi connectivity index (χ1) is 11.6. The average Bonchev–Trinajstić information content (AvgIpc) is 3.00. The van der Waals surface area contributed by atoms with E-state index in [0.717, 1.165) is 12.0 Å². The summed E-state index contributed by atoms with van der Waals surface area (Å²) < 4.78 is 5.41. The first-order valence-corrected chi connectivity index (χ1v) is 8.52. The molecule has 1 aromatic carbocycles. The number of nitrogens with two attached hydrogens (primary N) is 1. The molecule has 0 radical (unpaired) electrons. The predicted molar refractivity (Wildman–Crippen MR) is 87.7 cm³/mol. The van der Waals surface area contributed by atoms with Crippen LogP contribution in [-0.4, -0.2) is 46.1 Å². The summed E-state index contributed by atoms with van der Waals surface area (Å²) in [6.07, 6.45) is 2.34. The molecular weight excluding hydrogens is 308 g/mol. The Balaban J connectivity index is 1.67. The summed E-state index contributed by atoms with van der Waals surface area (Å²) in [4.78, 5) is 26.7. The Bertz CT molecular complexity index is 592. The lowest BCUT2D eigenvalue weighted by Gasteiger charge is -2.34. The van der Waals surface area contributed by atoms with E-state index in [1.807, 2.05) is 30.3 Å². The fraction of sp³-hybridized carbons (Fsp3) is 0.556. The van der Waals surface area contributed by atoms with Crippen molar-refractivity contribution in [2.75, 3.05) is 0 Å². The molecular formula is C18H24N2O4. The maximum Gasteiger partial charge on any atom is 0.329 e. The highest BCUT2D eigenvalue weighted by Gasteiger charge is 2.44. The minimum Gasteiger partial charge on any atom is -0.459 e. The number of carbonyl (C=O) groups is 2. The largest absolute Gasteiger partial charge is 0.459 e. The van der Waals surface area contributed by atoms with Gasteiger partial charge in [-0.3, -0.25) is 4.79 Å². The van der Waals surface area contributed by atoms with Gasteiger partial charge in [-0.2, -0.15) is 0 Å². The van der Waals surface area contributed by atoms with Crippen LogP contribution in [0.3, 0.4) is 0 Å². The van der Waals surface area contributed by atoms with Crippen molar-refractivity contribution < 1.29 is 19.4 Å². The summed E-state index contributed by atoms with van der Waals surface area (Å²) in [5.74, 6) is -0.624. The number of rotatable bonds is 3. The average molecular weight is 332 g/mol. The van der Waals surface area contributed by atoms with Crippen LogP contribution in [-0.2, 0) is 20.9 Å². The summed E-state index contributed by atoms with van der Waals surface area (Å²) in [6, 6.07) is 8.11. The van der Waals surface area contributed by atoms with Crippen LogP contribution in [0.4, 0.5) is 0 Å². The third kappa shape index (κ3) is 3.60. The topological polar surface area (TPSA) is 92.9 Å². The van der Waals surface area contributed by atoms with Crippen molar-refractivity contribution in [2.45, 2.75) is 62.9 Å². The highest BCUT2D eigenvalue weighted by Crippen LogP contribution is 2.31. The number of aliphatic hydroxyl groups excluding tert-OH is 1. The van der Waals surface area contributed by atoms with Gasteiger partial charge in [0, 0.05) is 6.04 Å². The van der Waals surface area contributed by atoms with Gasteiger partial charge in [0.05, 0.1) is 12.1 Å².